The van der Waals surface area contributed by atoms with Crippen LogP contribution >= 0.6 is 0 Å². The van der Waals surface area contributed by atoms with E-state index in [-0.39, 0.29) is 0 Å². The van der Waals surface area contributed by atoms with Crippen LogP contribution in [0.15, 0.2) is 5.11 Å². The van der Waals surface area contributed by atoms with E-state index < -0.39 is 0 Å². The normalized spacial score (nSPS) is 13.4. The predicted octanol–water partition coefficient (Wildman–Crippen LogP) is 2.06. The van der Waals surface area contributed by atoms with Gasteiger partial charge in [-0.1, -0.05) is 20.3 Å². The minimum absolute atomic E-state index is 0.595. The maximum atomic E-state index is 6.46. The molecule has 0 spiro atoms. The minimum atomic E-state index is 0.595. The first-order valence-electron chi connectivity index (χ1n) is 2.64. The van der Waals surface area contributed by atoms with Crippen LogP contribution in [0.2, 0.25) is 0 Å². The van der Waals surface area contributed by atoms with Gasteiger partial charge in [-0.15, -0.1) is 0 Å². The lowest BCUT2D eigenvalue weighted by Crippen LogP contribution is -1.94. The van der Waals surface area contributed by atoms with E-state index in [1.54, 1.807) is 0 Å². The lowest BCUT2D eigenvalue weighted by atomic mass is 10.1. The monoisotopic (exact) mass is 100 g/mol. The third-order valence-electron chi connectivity index (χ3n) is 1.10. The second-order valence-electron chi connectivity index (χ2n) is 1.85. The smallest absolute Gasteiger partial charge is 0.0621 e. The van der Waals surface area contributed by atoms with Crippen LogP contribution in [0.5, 0.6) is 0 Å². The fourth-order valence-corrected chi connectivity index (χ4v) is 0.285. The van der Waals surface area contributed by atoms with E-state index in [0.717, 1.165) is 6.42 Å². The van der Waals surface area contributed by atoms with E-state index in [9.17, 15) is 0 Å². The molecule has 2 heteroatoms. The number of nitrogens with one attached hydrogen (secondary N) is 1. The summed E-state index contributed by atoms with van der Waals surface area (Å²) in [5, 5.41) is 3.26. The third kappa shape index (κ3) is 3.43. The molecule has 1 atom stereocenters. The molecule has 0 rings (SSSR count). The van der Waals surface area contributed by atoms with E-state index >= 15 is 0 Å². The molecule has 0 aliphatic carbocycles. The van der Waals surface area contributed by atoms with Crippen molar-refractivity contribution in [2.75, 3.05) is 6.54 Å². The van der Waals surface area contributed by atoms with Crippen molar-refractivity contribution in [2.24, 2.45) is 11.0 Å². The molecule has 0 unspecified atom stereocenters. The third-order valence-corrected chi connectivity index (χ3v) is 1.10. The maximum Gasteiger partial charge on any atom is 0.0621 e. The van der Waals surface area contributed by atoms with Crippen LogP contribution in [0.3, 0.4) is 0 Å². The molecular weight excluding hydrogens is 88.1 g/mol. The zero-order valence-electron chi connectivity index (χ0n) is 4.94. The molecular formula is C5H12N2. The predicted molar refractivity (Wildman–Crippen MR) is 29.5 cm³/mol. The second kappa shape index (κ2) is 3.78. The number of hydrogen-bond donors (Lipinski definition) is 1. The molecule has 0 saturated carbocycles. The van der Waals surface area contributed by atoms with Crippen molar-refractivity contribution in [1.29, 1.82) is 5.53 Å². The van der Waals surface area contributed by atoms with Crippen LogP contribution in [-0.2, 0) is 0 Å². The number of hydrogen-bond acceptors (Lipinski definition) is 2. The van der Waals surface area contributed by atoms with Gasteiger partial charge in [0.15, 0.2) is 0 Å². The molecule has 0 amide bonds. The molecule has 0 radical (unpaired) electrons. The van der Waals surface area contributed by atoms with Crippen LogP contribution in [0.1, 0.15) is 20.3 Å². The quantitative estimate of drug-likeness (QED) is 0.527. The minimum Gasteiger partial charge on any atom is -0.210 e. The van der Waals surface area contributed by atoms with Crippen LogP contribution < -0.4 is 0 Å². The Morgan fingerprint density at radius 1 is 1.71 bits per heavy atom. The highest BCUT2D eigenvalue weighted by molar-refractivity contribution is 4.47. The molecule has 0 aromatic rings. The highest BCUT2D eigenvalue weighted by Gasteiger charge is 1.92. The molecule has 2 nitrogen and oxygen atoms in total. The van der Waals surface area contributed by atoms with Gasteiger partial charge in [-0.05, 0) is 5.92 Å². The van der Waals surface area contributed by atoms with Crippen molar-refractivity contribution >= 4 is 0 Å². The molecule has 0 aromatic heterocycles. The van der Waals surface area contributed by atoms with Crippen molar-refractivity contribution in [3.8, 4) is 0 Å². The first-order valence-corrected chi connectivity index (χ1v) is 2.64. The van der Waals surface area contributed by atoms with Gasteiger partial charge in [0.25, 0.3) is 0 Å². The molecule has 0 heterocycles. The first kappa shape index (κ1) is 6.60. The van der Waals surface area contributed by atoms with Gasteiger partial charge in [0, 0.05) is 0 Å². The number of nitrogens with zero attached hydrogens (tertiary/aromatic N) is 1. The summed E-state index contributed by atoms with van der Waals surface area (Å²) < 4.78 is 0. The van der Waals surface area contributed by atoms with Crippen LogP contribution in [0.25, 0.3) is 0 Å². The highest BCUT2D eigenvalue weighted by Crippen LogP contribution is 1.98. The lowest BCUT2D eigenvalue weighted by Gasteiger charge is -1.98. The Hall–Kier alpha value is -0.400. The second-order valence-corrected chi connectivity index (χ2v) is 1.85. The Morgan fingerprint density at radius 3 is 2.43 bits per heavy atom. The van der Waals surface area contributed by atoms with Gasteiger partial charge in [-0.2, -0.15) is 5.11 Å². The van der Waals surface area contributed by atoms with Gasteiger partial charge in [-0.25, -0.2) is 5.53 Å². The van der Waals surface area contributed by atoms with Crippen molar-refractivity contribution in [1.82, 2.24) is 0 Å². The van der Waals surface area contributed by atoms with E-state index in [2.05, 4.69) is 19.0 Å². The molecule has 42 valence electrons. The molecule has 0 fully saturated rings. The van der Waals surface area contributed by atoms with E-state index in [0.29, 0.717) is 12.5 Å². The van der Waals surface area contributed by atoms with E-state index in [1.165, 1.54) is 0 Å². The van der Waals surface area contributed by atoms with E-state index in [1.807, 2.05) is 0 Å². The largest absolute Gasteiger partial charge is 0.210 e. The maximum absolute atomic E-state index is 6.46. The standard InChI is InChI=1S/C5H12N2/c1-3-5(2)4-7-6/h5-6H,3-4H2,1-2H3/t5-/m1/s1. The molecule has 1 N–H and O–H groups in total. The summed E-state index contributed by atoms with van der Waals surface area (Å²) in [7, 11) is 0. The molecule has 7 heavy (non-hydrogen) atoms. The summed E-state index contributed by atoms with van der Waals surface area (Å²) in [6.07, 6.45) is 1.13. The Balaban J connectivity index is 2.98. The Bertz CT molecular complexity index is 52.0. The molecule has 0 aliphatic heterocycles. The Labute approximate surface area is 44.4 Å². The van der Waals surface area contributed by atoms with Gasteiger partial charge in [0.2, 0.25) is 0 Å². The van der Waals surface area contributed by atoms with Gasteiger partial charge in [0.1, 0.15) is 0 Å². The van der Waals surface area contributed by atoms with Crippen LogP contribution in [0, 0.1) is 11.4 Å². The summed E-state index contributed by atoms with van der Waals surface area (Å²) in [6.45, 7) is 4.89. The summed E-state index contributed by atoms with van der Waals surface area (Å²) in [5.41, 5.74) is 6.46. The zero-order chi connectivity index (χ0) is 5.70. The average molecular weight is 100 g/mol. The van der Waals surface area contributed by atoms with Gasteiger partial charge >= 0.3 is 0 Å². The zero-order valence-corrected chi connectivity index (χ0v) is 4.94. The summed E-state index contributed by atoms with van der Waals surface area (Å²) in [4.78, 5) is 0. The first-order chi connectivity index (χ1) is 3.31. The van der Waals surface area contributed by atoms with Crippen LogP contribution in [0.4, 0.5) is 0 Å². The average Bonchev–Trinajstić information content (AvgIpc) is 1.68. The van der Waals surface area contributed by atoms with Gasteiger partial charge < -0.3 is 0 Å². The Kier molecular flexibility index (Phi) is 3.56. The lowest BCUT2D eigenvalue weighted by molar-refractivity contribution is 0.558. The van der Waals surface area contributed by atoms with Gasteiger partial charge in [0.05, 0.1) is 6.54 Å². The van der Waals surface area contributed by atoms with Crippen molar-refractivity contribution in [3.05, 3.63) is 0 Å². The summed E-state index contributed by atoms with van der Waals surface area (Å²) in [6, 6.07) is 0. The Morgan fingerprint density at radius 2 is 2.29 bits per heavy atom. The fourth-order valence-electron chi connectivity index (χ4n) is 0.285. The van der Waals surface area contributed by atoms with Crippen molar-refractivity contribution in [2.45, 2.75) is 20.3 Å². The topological polar surface area (TPSA) is 36.2 Å². The molecule has 0 aromatic carbocycles. The van der Waals surface area contributed by atoms with Crippen molar-refractivity contribution < 1.29 is 0 Å². The van der Waals surface area contributed by atoms with Gasteiger partial charge in [-0.3, -0.25) is 0 Å². The molecule has 0 bridgehead atoms. The highest BCUT2D eigenvalue weighted by atomic mass is 14.9. The summed E-state index contributed by atoms with van der Waals surface area (Å²) >= 11 is 0. The fraction of sp³-hybridized carbons (Fsp3) is 1.00. The SMILES string of the molecule is CC[C@@H](C)CN=N. The number of rotatable bonds is 3. The molecule has 0 aliphatic rings. The molecule has 0 saturated heterocycles. The van der Waals surface area contributed by atoms with E-state index in [4.69, 9.17) is 5.53 Å². The summed E-state index contributed by atoms with van der Waals surface area (Å²) in [5.74, 6) is 0.595. The van der Waals surface area contributed by atoms with Crippen LogP contribution in [-0.4, -0.2) is 6.54 Å². The van der Waals surface area contributed by atoms with Crippen molar-refractivity contribution in [3.63, 3.8) is 0 Å².